The molecule has 1 saturated carbocycles. The Morgan fingerprint density at radius 2 is 1.72 bits per heavy atom. The molecule has 1 aliphatic heterocycles. The Kier molecular flexibility index (Phi) is 7.88. The zero-order chi connectivity index (χ0) is 24.7. The predicted molar refractivity (Wildman–Crippen MR) is 139 cm³/mol. The SMILES string of the molecule is O=C(Nc1cccc(C(=O)N2CCN(C3CCCCC3)CC2)c1)c1nnc(COc2ccccc2)s1. The first-order valence-electron chi connectivity index (χ1n) is 12.6. The van der Waals surface area contributed by atoms with Gasteiger partial charge in [0.05, 0.1) is 0 Å². The number of para-hydroxylation sites is 1. The smallest absolute Gasteiger partial charge is 0.286 e. The molecule has 0 bridgehead atoms. The minimum absolute atomic E-state index is 0.00524. The number of benzene rings is 2. The molecule has 2 aromatic carbocycles. The summed E-state index contributed by atoms with van der Waals surface area (Å²) in [4.78, 5) is 30.3. The molecule has 0 atom stereocenters. The second-order valence-electron chi connectivity index (χ2n) is 9.26. The number of nitrogens with one attached hydrogen (secondary N) is 1. The average Bonchev–Trinajstić information content (AvgIpc) is 3.42. The Morgan fingerprint density at radius 1 is 0.944 bits per heavy atom. The molecular weight excluding hydrogens is 474 g/mol. The van der Waals surface area contributed by atoms with Gasteiger partial charge in [-0.15, -0.1) is 10.2 Å². The number of carbonyl (C=O) groups excluding carboxylic acids is 2. The quantitative estimate of drug-likeness (QED) is 0.510. The zero-order valence-electron chi connectivity index (χ0n) is 20.3. The fourth-order valence-corrected chi connectivity index (χ4v) is 5.55. The summed E-state index contributed by atoms with van der Waals surface area (Å²) in [6.45, 7) is 3.59. The molecule has 1 N–H and O–H groups in total. The predicted octanol–water partition coefficient (Wildman–Crippen LogP) is 4.46. The third-order valence-electron chi connectivity index (χ3n) is 6.83. The molecule has 0 spiro atoms. The third-order valence-corrected chi connectivity index (χ3v) is 7.72. The van der Waals surface area contributed by atoms with Gasteiger partial charge in [-0.05, 0) is 43.2 Å². The van der Waals surface area contributed by atoms with Gasteiger partial charge >= 0.3 is 0 Å². The molecule has 36 heavy (non-hydrogen) atoms. The van der Waals surface area contributed by atoms with Gasteiger partial charge in [-0.25, -0.2) is 0 Å². The number of hydrogen-bond donors (Lipinski definition) is 1. The number of rotatable bonds is 7. The Balaban J connectivity index is 1.14. The van der Waals surface area contributed by atoms with E-state index in [1.807, 2.05) is 35.2 Å². The summed E-state index contributed by atoms with van der Waals surface area (Å²) in [6.07, 6.45) is 6.56. The molecule has 0 unspecified atom stereocenters. The molecule has 8 nitrogen and oxygen atoms in total. The minimum Gasteiger partial charge on any atom is -0.486 e. The van der Waals surface area contributed by atoms with Crippen LogP contribution in [0.15, 0.2) is 54.6 Å². The average molecular weight is 506 g/mol. The van der Waals surface area contributed by atoms with Gasteiger partial charge in [-0.2, -0.15) is 0 Å². The van der Waals surface area contributed by atoms with Crippen LogP contribution in [-0.4, -0.2) is 64.0 Å². The molecule has 2 aliphatic rings. The van der Waals surface area contributed by atoms with Gasteiger partial charge in [0.25, 0.3) is 11.8 Å². The molecule has 1 aliphatic carbocycles. The van der Waals surface area contributed by atoms with Crippen LogP contribution in [0, 0.1) is 0 Å². The zero-order valence-corrected chi connectivity index (χ0v) is 21.1. The molecule has 188 valence electrons. The van der Waals surface area contributed by atoms with E-state index in [0.29, 0.717) is 22.3 Å². The summed E-state index contributed by atoms with van der Waals surface area (Å²) >= 11 is 1.19. The summed E-state index contributed by atoms with van der Waals surface area (Å²) in [7, 11) is 0. The second kappa shape index (κ2) is 11.6. The molecular formula is C27H31N5O3S. The van der Waals surface area contributed by atoms with Crippen LogP contribution in [0.25, 0.3) is 0 Å². The van der Waals surface area contributed by atoms with Crippen molar-refractivity contribution in [3.8, 4) is 5.75 Å². The molecule has 2 amide bonds. The van der Waals surface area contributed by atoms with Crippen LogP contribution in [0.3, 0.4) is 0 Å². The van der Waals surface area contributed by atoms with Crippen LogP contribution in [-0.2, 0) is 6.61 Å². The van der Waals surface area contributed by atoms with E-state index in [9.17, 15) is 9.59 Å². The largest absolute Gasteiger partial charge is 0.486 e. The molecule has 9 heteroatoms. The van der Waals surface area contributed by atoms with Crippen molar-refractivity contribution in [1.82, 2.24) is 20.0 Å². The van der Waals surface area contributed by atoms with Crippen LogP contribution in [0.1, 0.15) is 57.3 Å². The Morgan fingerprint density at radius 3 is 2.50 bits per heavy atom. The van der Waals surface area contributed by atoms with E-state index in [1.165, 1.54) is 43.4 Å². The molecule has 0 radical (unpaired) electrons. The highest BCUT2D eigenvalue weighted by molar-refractivity contribution is 7.13. The number of anilines is 1. The van der Waals surface area contributed by atoms with E-state index in [-0.39, 0.29) is 23.4 Å². The molecule has 1 aromatic heterocycles. The highest BCUT2D eigenvalue weighted by atomic mass is 32.1. The number of amides is 2. The highest BCUT2D eigenvalue weighted by Gasteiger charge is 2.27. The van der Waals surface area contributed by atoms with Crippen molar-refractivity contribution in [3.63, 3.8) is 0 Å². The molecule has 5 rings (SSSR count). The van der Waals surface area contributed by atoms with Crippen molar-refractivity contribution in [2.24, 2.45) is 0 Å². The second-order valence-corrected chi connectivity index (χ2v) is 10.3. The number of piperazine rings is 1. The number of aromatic nitrogens is 2. The molecule has 3 aromatic rings. The summed E-state index contributed by atoms with van der Waals surface area (Å²) in [5, 5.41) is 11.8. The molecule has 2 heterocycles. The van der Waals surface area contributed by atoms with E-state index in [2.05, 4.69) is 20.4 Å². The lowest BCUT2D eigenvalue weighted by molar-refractivity contribution is 0.0523. The van der Waals surface area contributed by atoms with Crippen LogP contribution < -0.4 is 10.1 Å². The Hall–Kier alpha value is -3.30. The van der Waals surface area contributed by atoms with Crippen LogP contribution in [0.5, 0.6) is 5.75 Å². The van der Waals surface area contributed by atoms with E-state index >= 15 is 0 Å². The van der Waals surface area contributed by atoms with Gasteiger partial charge in [-0.1, -0.05) is 54.9 Å². The van der Waals surface area contributed by atoms with Gasteiger partial charge < -0.3 is 15.0 Å². The van der Waals surface area contributed by atoms with Crippen molar-refractivity contribution in [1.29, 1.82) is 0 Å². The monoisotopic (exact) mass is 505 g/mol. The Bertz CT molecular complexity index is 1170. The standard InChI is InChI=1S/C27H31N5O3S/c33-25(26-30-29-24(36-26)19-35-23-12-5-2-6-13-23)28-21-9-7-8-20(18-21)27(34)32-16-14-31(15-17-32)22-10-3-1-4-11-22/h2,5-9,12-13,18,22H,1,3-4,10-11,14-17,19H2,(H,28,33). The highest BCUT2D eigenvalue weighted by Crippen LogP contribution is 2.24. The third kappa shape index (κ3) is 6.09. The molecule has 1 saturated heterocycles. The van der Waals surface area contributed by atoms with E-state index < -0.39 is 0 Å². The lowest BCUT2D eigenvalue weighted by Gasteiger charge is -2.40. The summed E-state index contributed by atoms with van der Waals surface area (Å²) in [5.41, 5.74) is 1.14. The van der Waals surface area contributed by atoms with E-state index in [0.717, 1.165) is 31.9 Å². The summed E-state index contributed by atoms with van der Waals surface area (Å²) in [5.74, 6) is 0.380. The van der Waals surface area contributed by atoms with Crippen molar-refractivity contribution >= 4 is 28.8 Å². The fraction of sp³-hybridized carbons (Fsp3) is 0.407. The maximum atomic E-state index is 13.1. The lowest BCUT2D eigenvalue weighted by atomic mass is 9.94. The van der Waals surface area contributed by atoms with Gasteiger partial charge in [0, 0.05) is 43.5 Å². The van der Waals surface area contributed by atoms with E-state index in [4.69, 9.17) is 4.74 Å². The van der Waals surface area contributed by atoms with E-state index in [1.54, 1.807) is 24.3 Å². The fourth-order valence-electron chi connectivity index (χ4n) is 4.90. The topological polar surface area (TPSA) is 87.7 Å². The maximum Gasteiger partial charge on any atom is 0.286 e. The van der Waals surface area contributed by atoms with Crippen molar-refractivity contribution in [2.45, 2.75) is 44.8 Å². The first-order chi connectivity index (χ1) is 17.7. The summed E-state index contributed by atoms with van der Waals surface area (Å²) in [6, 6.07) is 17.2. The number of ether oxygens (including phenoxy) is 1. The first-order valence-corrected chi connectivity index (χ1v) is 13.4. The lowest BCUT2D eigenvalue weighted by Crippen LogP contribution is -2.52. The molecule has 2 fully saturated rings. The minimum atomic E-state index is -0.357. The Labute approximate surface area is 215 Å². The first kappa shape index (κ1) is 24.4. The van der Waals surface area contributed by atoms with Gasteiger partial charge in [0.1, 0.15) is 12.4 Å². The number of hydrogen-bond acceptors (Lipinski definition) is 7. The van der Waals surface area contributed by atoms with Crippen molar-refractivity contribution < 1.29 is 14.3 Å². The van der Waals surface area contributed by atoms with Gasteiger partial charge in [0.15, 0.2) is 5.01 Å². The van der Waals surface area contributed by atoms with Crippen LogP contribution in [0.4, 0.5) is 5.69 Å². The van der Waals surface area contributed by atoms with Gasteiger partial charge in [0.2, 0.25) is 5.01 Å². The van der Waals surface area contributed by atoms with Crippen LogP contribution >= 0.6 is 11.3 Å². The van der Waals surface area contributed by atoms with Crippen molar-refractivity contribution in [2.75, 3.05) is 31.5 Å². The maximum absolute atomic E-state index is 13.1. The van der Waals surface area contributed by atoms with Crippen LogP contribution in [0.2, 0.25) is 0 Å². The normalized spacial score (nSPS) is 17.1. The van der Waals surface area contributed by atoms with Gasteiger partial charge in [-0.3, -0.25) is 14.5 Å². The van der Waals surface area contributed by atoms with Crippen molar-refractivity contribution in [3.05, 3.63) is 70.2 Å². The number of nitrogens with zero attached hydrogens (tertiary/aromatic N) is 4. The summed E-state index contributed by atoms with van der Waals surface area (Å²) < 4.78 is 5.68. The number of carbonyl (C=O) groups is 2.